The third-order valence-electron chi connectivity index (χ3n) is 2.88. The molecular weight excluding hydrogens is 311 g/mol. The average molecular weight is 327 g/mol. The van der Waals surface area contributed by atoms with Crippen molar-refractivity contribution in [1.82, 2.24) is 0 Å². The fourth-order valence-electron chi connectivity index (χ4n) is 1.79. The summed E-state index contributed by atoms with van der Waals surface area (Å²) in [7, 11) is 1.63. The minimum Gasteiger partial charge on any atom is -0.497 e. The highest BCUT2D eigenvalue weighted by molar-refractivity contribution is 6.32. The average Bonchev–Trinajstić information content (AvgIpc) is 2.52. The van der Waals surface area contributed by atoms with Gasteiger partial charge in [0.2, 0.25) is 0 Å². The van der Waals surface area contributed by atoms with E-state index in [4.69, 9.17) is 37.4 Å². The van der Waals surface area contributed by atoms with Crippen LogP contribution in [0.3, 0.4) is 0 Å². The number of halogens is 2. The Balaban J connectivity index is 1.83. The van der Waals surface area contributed by atoms with Gasteiger partial charge in [-0.3, -0.25) is 0 Å². The Morgan fingerprint density at radius 2 is 1.57 bits per heavy atom. The summed E-state index contributed by atoms with van der Waals surface area (Å²) in [5.41, 5.74) is 0.797. The van der Waals surface area contributed by atoms with Gasteiger partial charge in [0.15, 0.2) is 0 Å². The standard InChI is InChI=1S/C16H16Cl2O3/c1-19-12-5-7-13(8-6-12)20-9-10-21-16-4-2-3-15(18)14(16)11-17/h2-8H,9-11H2,1H3. The van der Waals surface area contributed by atoms with Gasteiger partial charge >= 0.3 is 0 Å². The van der Waals surface area contributed by atoms with Crippen LogP contribution in [0.2, 0.25) is 5.02 Å². The van der Waals surface area contributed by atoms with Crippen molar-refractivity contribution in [3.05, 3.63) is 53.1 Å². The molecule has 2 aromatic rings. The van der Waals surface area contributed by atoms with Crippen molar-refractivity contribution in [2.75, 3.05) is 20.3 Å². The number of alkyl halides is 1. The number of methoxy groups -OCH3 is 1. The quantitative estimate of drug-likeness (QED) is 0.552. The third kappa shape index (κ3) is 4.45. The lowest BCUT2D eigenvalue weighted by Crippen LogP contribution is -2.09. The Morgan fingerprint density at radius 3 is 2.24 bits per heavy atom. The number of ether oxygens (including phenoxy) is 3. The normalized spacial score (nSPS) is 10.2. The number of hydrogen-bond acceptors (Lipinski definition) is 3. The molecule has 3 nitrogen and oxygen atoms in total. The number of benzene rings is 2. The van der Waals surface area contributed by atoms with Crippen molar-refractivity contribution in [1.29, 1.82) is 0 Å². The zero-order valence-electron chi connectivity index (χ0n) is 11.6. The van der Waals surface area contributed by atoms with Crippen molar-refractivity contribution >= 4 is 23.2 Å². The molecule has 0 bridgehead atoms. The second kappa shape index (κ2) is 8.01. The van der Waals surface area contributed by atoms with Crippen LogP contribution < -0.4 is 14.2 Å². The van der Waals surface area contributed by atoms with Gasteiger partial charge in [-0.1, -0.05) is 17.7 Å². The topological polar surface area (TPSA) is 27.7 Å². The molecule has 0 aliphatic heterocycles. The van der Waals surface area contributed by atoms with Crippen LogP contribution in [0, 0.1) is 0 Å². The van der Waals surface area contributed by atoms with Crippen LogP contribution in [0.5, 0.6) is 17.2 Å². The van der Waals surface area contributed by atoms with Crippen molar-refractivity contribution in [3.63, 3.8) is 0 Å². The first-order valence-electron chi connectivity index (χ1n) is 6.47. The van der Waals surface area contributed by atoms with E-state index in [-0.39, 0.29) is 0 Å². The Labute approximate surface area is 134 Å². The van der Waals surface area contributed by atoms with Gasteiger partial charge in [-0.15, -0.1) is 11.6 Å². The summed E-state index contributed by atoms with van der Waals surface area (Å²) >= 11 is 11.9. The molecule has 0 unspecified atom stereocenters. The molecule has 0 radical (unpaired) electrons. The second-order valence-corrected chi connectivity index (χ2v) is 4.90. The van der Waals surface area contributed by atoms with E-state index in [0.29, 0.717) is 29.9 Å². The number of hydrogen-bond donors (Lipinski definition) is 0. The van der Waals surface area contributed by atoms with E-state index in [1.54, 1.807) is 13.2 Å². The van der Waals surface area contributed by atoms with Gasteiger partial charge in [-0.05, 0) is 36.4 Å². The highest BCUT2D eigenvalue weighted by atomic mass is 35.5. The molecule has 0 aromatic heterocycles. The maximum absolute atomic E-state index is 6.06. The first kappa shape index (κ1) is 15.8. The summed E-state index contributed by atoms with van der Waals surface area (Å²) < 4.78 is 16.3. The SMILES string of the molecule is COc1ccc(OCCOc2cccc(Cl)c2CCl)cc1. The molecule has 0 aliphatic rings. The first-order valence-corrected chi connectivity index (χ1v) is 7.39. The molecule has 0 spiro atoms. The molecule has 0 saturated heterocycles. The van der Waals surface area contributed by atoms with Gasteiger partial charge in [-0.2, -0.15) is 0 Å². The van der Waals surface area contributed by atoms with Crippen molar-refractivity contribution in [2.45, 2.75) is 5.88 Å². The van der Waals surface area contributed by atoms with E-state index in [1.165, 1.54) is 0 Å². The Hall–Kier alpha value is -1.58. The first-order chi connectivity index (χ1) is 10.2. The molecule has 0 amide bonds. The van der Waals surface area contributed by atoms with Crippen LogP contribution >= 0.6 is 23.2 Å². The van der Waals surface area contributed by atoms with Crippen LogP contribution in [0.1, 0.15) is 5.56 Å². The molecule has 2 rings (SSSR count). The maximum Gasteiger partial charge on any atom is 0.125 e. The van der Waals surface area contributed by atoms with E-state index in [2.05, 4.69) is 0 Å². The Kier molecular flexibility index (Phi) is 6.03. The van der Waals surface area contributed by atoms with Gasteiger partial charge in [0.25, 0.3) is 0 Å². The van der Waals surface area contributed by atoms with E-state index in [9.17, 15) is 0 Å². The summed E-state index contributed by atoms with van der Waals surface area (Å²) in [5, 5.41) is 0.610. The smallest absolute Gasteiger partial charge is 0.125 e. The van der Waals surface area contributed by atoms with Gasteiger partial charge in [0, 0.05) is 10.6 Å². The van der Waals surface area contributed by atoms with Crippen molar-refractivity contribution < 1.29 is 14.2 Å². The van der Waals surface area contributed by atoms with Crippen LogP contribution in [0.4, 0.5) is 0 Å². The molecule has 0 aliphatic carbocycles. The molecule has 21 heavy (non-hydrogen) atoms. The van der Waals surface area contributed by atoms with Gasteiger partial charge in [-0.25, -0.2) is 0 Å². The van der Waals surface area contributed by atoms with E-state index >= 15 is 0 Å². The van der Waals surface area contributed by atoms with Crippen molar-refractivity contribution in [2.24, 2.45) is 0 Å². The molecule has 0 saturated carbocycles. The van der Waals surface area contributed by atoms with E-state index < -0.39 is 0 Å². The largest absolute Gasteiger partial charge is 0.497 e. The Morgan fingerprint density at radius 1 is 0.905 bits per heavy atom. The molecule has 0 N–H and O–H groups in total. The maximum atomic E-state index is 6.06. The summed E-state index contributed by atoms with van der Waals surface area (Å²) in [5.74, 6) is 2.57. The molecule has 2 aromatic carbocycles. The summed E-state index contributed by atoms with van der Waals surface area (Å²) in [6.07, 6.45) is 0. The summed E-state index contributed by atoms with van der Waals surface area (Å²) in [6, 6.07) is 12.9. The highest BCUT2D eigenvalue weighted by Gasteiger charge is 2.06. The van der Waals surface area contributed by atoms with Gasteiger partial charge in [0.1, 0.15) is 30.5 Å². The fraction of sp³-hybridized carbons (Fsp3) is 0.250. The molecule has 0 fully saturated rings. The fourth-order valence-corrected chi connectivity index (χ4v) is 2.36. The van der Waals surface area contributed by atoms with Crippen LogP contribution in [0.25, 0.3) is 0 Å². The summed E-state index contributed by atoms with van der Waals surface area (Å²) in [6.45, 7) is 0.844. The second-order valence-electron chi connectivity index (χ2n) is 4.22. The minimum atomic E-state index is 0.314. The van der Waals surface area contributed by atoms with E-state index in [1.807, 2.05) is 36.4 Å². The predicted molar refractivity (Wildman–Crippen MR) is 85.0 cm³/mol. The lowest BCUT2D eigenvalue weighted by molar-refractivity contribution is 0.216. The lowest BCUT2D eigenvalue weighted by Gasteiger charge is -2.12. The zero-order valence-corrected chi connectivity index (χ0v) is 13.2. The van der Waals surface area contributed by atoms with Crippen LogP contribution in [-0.4, -0.2) is 20.3 Å². The molecule has 112 valence electrons. The lowest BCUT2D eigenvalue weighted by atomic mass is 10.2. The monoisotopic (exact) mass is 326 g/mol. The summed E-state index contributed by atoms with van der Waals surface area (Å²) in [4.78, 5) is 0. The molecular formula is C16H16Cl2O3. The molecule has 0 heterocycles. The third-order valence-corrected chi connectivity index (χ3v) is 3.50. The molecule has 5 heteroatoms. The zero-order chi connectivity index (χ0) is 15.1. The van der Waals surface area contributed by atoms with Crippen LogP contribution in [-0.2, 0) is 5.88 Å². The predicted octanol–water partition coefficient (Wildman–Crippen LogP) is 4.55. The Bertz CT molecular complexity index is 570. The van der Waals surface area contributed by atoms with Crippen molar-refractivity contribution in [3.8, 4) is 17.2 Å². The molecule has 0 atom stereocenters. The minimum absolute atomic E-state index is 0.314. The number of rotatable bonds is 7. The highest BCUT2D eigenvalue weighted by Crippen LogP contribution is 2.27. The van der Waals surface area contributed by atoms with Gasteiger partial charge < -0.3 is 14.2 Å². The van der Waals surface area contributed by atoms with E-state index in [0.717, 1.165) is 17.1 Å². The van der Waals surface area contributed by atoms with Gasteiger partial charge in [0.05, 0.1) is 13.0 Å². The van der Waals surface area contributed by atoms with Crippen LogP contribution in [0.15, 0.2) is 42.5 Å².